The van der Waals surface area contributed by atoms with Crippen molar-refractivity contribution < 1.29 is 18.1 Å². The number of aromatic nitrogens is 2. The molecule has 2 aromatic rings. The van der Waals surface area contributed by atoms with Gasteiger partial charge in [0.2, 0.25) is 5.88 Å². The van der Waals surface area contributed by atoms with Crippen LogP contribution in [0.3, 0.4) is 0 Å². The summed E-state index contributed by atoms with van der Waals surface area (Å²) in [6.45, 7) is 4.23. The van der Waals surface area contributed by atoms with E-state index in [1.54, 1.807) is 4.68 Å². The fourth-order valence-electron chi connectivity index (χ4n) is 4.03. The topological polar surface area (TPSA) is 112 Å². The Morgan fingerprint density at radius 1 is 1.29 bits per heavy atom. The van der Waals surface area contributed by atoms with Crippen LogP contribution in [0.1, 0.15) is 36.1 Å². The number of nitrogens with two attached hydrogens (primary N) is 1. The van der Waals surface area contributed by atoms with Crippen molar-refractivity contribution in [3.8, 4) is 5.88 Å². The summed E-state index contributed by atoms with van der Waals surface area (Å²) < 4.78 is 38.3. The van der Waals surface area contributed by atoms with Crippen molar-refractivity contribution >= 4 is 21.6 Å². The number of hydrogen-bond acceptors (Lipinski definition) is 4. The second-order valence-electron chi connectivity index (χ2n) is 8.03. The maximum atomic E-state index is 14.3. The van der Waals surface area contributed by atoms with E-state index in [1.165, 1.54) is 6.20 Å². The van der Waals surface area contributed by atoms with Crippen LogP contribution in [-0.4, -0.2) is 25.6 Å². The molecule has 8 nitrogen and oxygen atoms in total. The van der Waals surface area contributed by atoms with Crippen LogP contribution in [0.4, 0.5) is 14.9 Å². The number of carbonyl (C=O) groups excluding carboxylic acids is 1. The molecule has 1 atom stereocenters. The molecule has 28 heavy (non-hydrogen) atoms. The van der Waals surface area contributed by atoms with Gasteiger partial charge in [-0.1, -0.05) is 0 Å². The van der Waals surface area contributed by atoms with Gasteiger partial charge in [0.05, 0.1) is 12.7 Å². The Balaban J connectivity index is 1.47. The van der Waals surface area contributed by atoms with E-state index in [4.69, 9.17) is 9.88 Å². The Hall–Kier alpha value is -2.46. The first-order chi connectivity index (χ1) is 13.2. The summed E-state index contributed by atoms with van der Waals surface area (Å²) in [5.74, 6) is 0.124. The fraction of sp³-hybridized carbons (Fsp3) is 0.444. The molecule has 2 amide bonds. The molecular weight excluding hydrogens is 385 g/mol. The van der Waals surface area contributed by atoms with Gasteiger partial charge in [-0.15, -0.1) is 4.36 Å². The summed E-state index contributed by atoms with van der Waals surface area (Å²) in [7, 11) is -3.55. The molecule has 3 aliphatic rings. The maximum absolute atomic E-state index is 14.3. The van der Waals surface area contributed by atoms with Crippen LogP contribution < -0.4 is 15.2 Å². The van der Waals surface area contributed by atoms with Gasteiger partial charge in [0, 0.05) is 5.69 Å². The molecule has 0 bridgehead atoms. The van der Waals surface area contributed by atoms with E-state index in [2.05, 4.69) is 14.8 Å². The number of urea groups is 1. The molecule has 0 saturated heterocycles. The number of halogens is 1. The molecule has 0 saturated carbocycles. The molecular formula is C18H20FN5O3S. The van der Waals surface area contributed by atoms with Crippen molar-refractivity contribution in [3.63, 3.8) is 0 Å². The molecule has 0 spiro atoms. The van der Waals surface area contributed by atoms with Crippen molar-refractivity contribution in [2.75, 3.05) is 5.32 Å². The highest BCUT2D eigenvalue weighted by molar-refractivity contribution is 7.91. The zero-order valence-electron chi connectivity index (χ0n) is 15.5. The van der Waals surface area contributed by atoms with E-state index >= 15 is 0 Å². The van der Waals surface area contributed by atoms with Crippen LogP contribution >= 0.6 is 0 Å². The average molecular weight is 405 g/mol. The molecule has 2 heterocycles. The highest BCUT2D eigenvalue weighted by atomic mass is 32.2. The number of carbonyl (C=O) groups is 1. The smallest absolute Gasteiger partial charge is 0.354 e. The van der Waals surface area contributed by atoms with Gasteiger partial charge >= 0.3 is 6.03 Å². The SMILES string of the molecule is CC1(C)Cn2ncc([S@@](N)(=O)=NC(=O)Nc3c4c(c(F)c5c3CC5)CC4)c2O1. The first kappa shape index (κ1) is 17.6. The van der Waals surface area contributed by atoms with Gasteiger partial charge < -0.3 is 10.1 Å². The van der Waals surface area contributed by atoms with Crippen LogP contribution in [0, 0.1) is 5.82 Å². The van der Waals surface area contributed by atoms with Gasteiger partial charge in [0.15, 0.2) is 9.92 Å². The second kappa shape index (κ2) is 5.54. The number of benzene rings is 1. The third-order valence-electron chi connectivity index (χ3n) is 5.54. The summed E-state index contributed by atoms with van der Waals surface area (Å²) in [5, 5.41) is 12.7. The number of anilines is 1. The summed E-state index contributed by atoms with van der Waals surface area (Å²) in [6.07, 6.45) is 4.05. The molecule has 0 fully saturated rings. The molecule has 1 aromatic carbocycles. The first-order valence-corrected chi connectivity index (χ1v) is 10.7. The Morgan fingerprint density at radius 3 is 2.46 bits per heavy atom. The van der Waals surface area contributed by atoms with E-state index in [1.807, 2.05) is 13.8 Å². The molecule has 1 aliphatic heterocycles. The minimum Gasteiger partial charge on any atom is -0.469 e. The molecule has 148 valence electrons. The predicted molar refractivity (Wildman–Crippen MR) is 100 cm³/mol. The van der Waals surface area contributed by atoms with Crippen LogP contribution in [0.5, 0.6) is 5.88 Å². The van der Waals surface area contributed by atoms with Crippen molar-refractivity contribution in [3.05, 3.63) is 34.3 Å². The predicted octanol–water partition coefficient (Wildman–Crippen LogP) is 2.32. The van der Waals surface area contributed by atoms with Crippen molar-refractivity contribution in [2.45, 2.75) is 56.6 Å². The van der Waals surface area contributed by atoms with Crippen molar-refractivity contribution in [2.24, 2.45) is 9.50 Å². The van der Waals surface area contributed by atoms with Gasteiger partial charge in [0.25, 0.3) is 0 Å². The summed E-state index contributed by atoms with van der Waals surface area (Å²) >= 11 is 0. The first-order valence-electron chi connectivity index (χ1n) is 9.12. The number of hydrogen-bond donors (Lipinski definition) is 2. The van der Waals surface area contributed by atoms with E-state index < -0.39 is 21.5 Å². The summed E-state index contributed by atoms with van der Waals surface area (Å²) in [4.78, 5) is 12.6. The van der Waals surface area contributed by atoms with E-state index in [0.29, 0.717) is 49.0 Å². The molecule has 10 heteroatoms. The Kier molecular flexibility index (Phi) is 3.49. The zero-order chi connectivity index (χ0) is 19.8. The van der Waals surface area contributed by atoms with E-state index in [0.717, 1.165) is 11.1 Å². The number of nitrogens with one attached hydrogen (secondary N) is 1. The average Bonchev–Trinajstić information content (AvgIpc) is 2.97. The third kappa shape index (κ3) is 2.47. The van der Waals surface area contributed by atoms with Crippen molar-refractivity contribution in [1.82, 2.24) is 9.78 Å². The maximum Gasteiger partial charge on any atom is 0.354 e. The Labute approximate surface area is 161 Å². The summed E-state index contributed by atoms with van der Waals surface area (Å²) in [6, 6.07) is -0.820. The van der Waals surface area contributed by atoms with Crippen LogP contribution in [0.25, 0.3) is 0 Å². The number of ether oxygens (including phenoxy) is 1. The van der Waals surface area contributed by atoms with E-state index in [9.17, 15) is 13.4 Å². The van der Waals surface area contributed by atoms with Crippen LogP contribution in [0.2, 0.25) is 0 Å². The lowest BCUT2D eigenvalue weighted by molar-refractivity contribution is 0.132. The van der Waals surface area contributed by atoms with Crippen LogP contribution in [0.15, 0.2) is 15.5 Å². The standard InChI is InChI=1S/C18H20FN5O3S/c1-18(2)8-24-16(27-18)13(7-21-24)28(20,26)23-17(25)22-15-11-5-3-9(11)14(19)10-4-6-12(10)15/h7H,3-6,8H2,1-2H3,(H3,20,22,23,25,26)/t28-/m0/s1. The van der Waals surface area contributed by atoms with Gasteiger partial charge in [-0.25, -0.2) is 23.2 Å². The van der Waals surface area contributed by atoms with Crippen molar-refractivity contribution in [1.29, 1.82) is 0 Å². The zero-order valence-corrected chi connectivity index (χ0v) is 16.4. The number of nitrogens with zero attached hydrogens (tertiary/aromatic N) is 3. The number of fused-ring (bicyclic) bond motifs is 3. The quantitative estimate of drug-likeness (QED) is 0.798. The molecule has 1 aromatic heterocycles. The van der Waals surface area contributed by atoms with Gasteiger partial charge in [-0.2, -0.15) is 5.10 Å². The minimum atomic E-state index is -3.55. The third-order valence-corrected chi connectivity index (χ3v) is 6.89. The molecule has 3 N–H and O–H groups in total. The fourth-order valence-corrected chi connectivity index (χ4v) is 5.02. The molecule has 0 radical (unpaired) electrons. The second-order valence-corrected chi connectivity index (χ2v) is 9.79. The van der Waals surface area contributed by atoms with Gasteiger partial charge in [0.1, 0.15) is 16.3 Å². The molecule has 0 unspecified atom stereocenters. The highest BCUT2D eigenvalue weighted by Gasteiger charge is 2.36. The summed E-state index contributed by atoms with van der Waals surface area (Å²) in [5.41, 5.74) is 3.03. The van der Waals surface area contributed by atoms with Gasteiger partial charge in [-0.3, -0.25) is 0 Å². The Morgan fingerprint density at radius 2 is 1.89 bits per heavy atom. The lowest BCUT2D eigenvalue weighted by Gasteiger charge is -2.32. The lowest BCUT2D eigenvalue weighted by atomic mass is 9.76. The number of amides is 2. The highest BCUT2D eigenvalue weighted by Crippen LogP contribution is 2.43. The normalized spacial score (nSPS) is 19.9. The van der Waals surface area contributed by atoms with Crippen LogP contribution in [-0.2, 0) is 42.1 Å². The molecule has 2 aliphatic carbocycles. The van der Waals surface area contributed by atoms with Gasteiger partial charge in [-0.05, 0) is 61.8 Å². The Bertz CT molecular complexity index is 1140. The minimum absolute atomic E-state index is 0.0911. The number of rotatable bonds is 2. The monoisotopic (exact) mass is 405 g/mol. The largest absolute Gasteiger partial charge is 0.469 e. The molecule has 5 rings (SSSR count). The van der Waals surface area contributed by atoms with E-state index in [-0.39, 0.29) is 16.6 Å². The lowest BCUT2D eigenvalue weighted by Crippen LogP contribution is -2.27.